The van der Waals surface area contributed by atoms with Crippen molar-refractivity contribution < 1.29 is 4.74 Å². The number of rotatable bonds is 5. The molecule has 2 heterocycles. The Balaban J connectivity index is 2.02. The zero-order valence-electron chi connectivity index (χ0n) is 10.3. The number of ether oxygens (including phenoxy) is 1. The molecule has 0 saturated heterocycles. The lowest BCUT2D eigenvalue weighted by atomic mass is 10.4. The van der Waals surface area contributed by atoms with Crippen LogP contribution in [0.4, 0.5) is 5.95 Å². The third-order valence-corrected chi connectivity index (χ3v) is 2.58. The molecule has 0 aliphatic heterocycles. The maximum Gasteiger partial charge on any atom is 0.211 e. The molecule has 2 aromatic heterocycles. The Morgan fingerprint density at radius 2 is 2.29 bits per heavy atom. The number of nitrogens with one attached hydrogen (secondary N) is 1. The van der Waals surface area contributed by atoms with Crippen LogP contribution in [-0.2, 0) is 20.1 Å². The Labute approximate surface area is 100 Å². The van der Waals surface area contributed by atoms with Crippen molar-refractivity contribution in [2.24, 2.45) is 7.05 Å². The molecule has 17 heavy (non-hydrogen) atoms. The average Bonchev–Trinajstić information content (AvgIpc) is 2.92. The fourth-order valence-corrected chi connectivity index (χ4v) is 1.69. The molecule has 1 N–H and O–H groups in total. The number of aromatic nitrogens is 4. The summed E-state index contributed by atoms with van der Waals surface area (Å²) >= 11 is 0. The summed E-state index contributed by atoms with van der Waals surface area (Å²) in [6.45, 7) is 3.61. The highest BCUT2D eigenvalue weighted by molar-refractivity contribution is 5.28. The fourth-order valence-electron chi connectivity index (χ4n) is 1.69. The first-order valence-electron chi connectivity index (χ1n) is 5.56. The number of nitrogens with zero attached hydrogens (tertiary/aromatic N) is 4. The van der Waals surface area contributed by atoms with Crippen LogP contribution in [0.2, 0.25) is 0 Å². The van der Waals surface area contributed by atoms with E-state index in [1.807, 2.05) is 23.9 Å². The third-order valence-electron chi connectivity index (χ3n) is 2.58. The predicted octanol–water partition coefficient (Wildman–Crippen LogP) is 1.26. The van der Waals surface area contributed by atoms with Gasteiger partial charge in [-0.2, -0.15) is 5.10 Å². The molecule has 0 bridgehead atoms. The first kappa shape index (κ1) is 11.5. The first-order chi connectivity index (χ1) is 8.24. The van der Waals surface area contributed by atoms with Crippen molar-refractivity contribution in [3.8, 4) is 5.88 Å². The number of aryl methyl sites for hydroxylation is 2. The summed E-state index contributed by atoms with van der Waals surface area (Å²) < 4.78 is 8.91. The minimum absolute atomic E-state index is 0.633. The number of hydrogen-bond acceptors (Lipinski definition) is 4. The number of anilines is 1. The van der Waals surface area contributed by atoms with E-state index in [-0.39, 0.29) is 0 Å². The average molecular weight is 235 g/mol. The second-order valence-corrected chi connectivity index (χ2v) is 3.69. The molecular weight excluding hydrogens is 218 g/mol. The van der Waals surface area contributed by atoms with Crippen LogP contribution in [0.5, 0.6) is 5.88 Å². The molecule has 0 atom stereocenters. The van der Waals surface area contributed by atoms with Crippen LogP contribution in [0, 0.1) is 0 Å². The summed E-state index contributed by atoms with van der Waals surface area (Å²) in [6, 6.07) is 1.91. The van der Waals surface area contributed by atoms with Gasteiger partial charge in [-0.05, 0) is 6.92 Å². The molecule has 0 saturated carbocycles. The topological polar surface area (TPSA) is 56.9 Å². The van der Waals surface area contributed by atoms with Gasteiger partial charge < -0.3 is 14.6 Å². The van der Waals surface area contributed by atoms with E-state index in [4.69, 9.17) is 4.74 Å². The molecule has 92 valence electrons. The third kappa shape index (κ3) is 2.41. The van der Waals surface area contributed by atoms with Crippen LogP contribution >= 0.6 is 0 Å². The standard InChI is InChI=1S/C11H17N5O/c1-4-16-6-5-12-11(16)13-8-9-7-10(17-3)15(2)14-9/h5-7H,4,8H2,1-3H3,(H,12,13). The summed E-state index contributed by atoms with van der Waals surface area (Å²) in [4.78, 5) is 4.24. The lowest BCUT2D eigenvalue weighted by molar-refractivity contribution is 0.373. The van der Waals surface area contributed by atoms with Crippen molar-refractivity contribution in [1.82, 2.24) is 19.3 Å². The van der Waals surface area contributed by atoms with Gasteiger partial charge in [0.2, 0.25) is 11.8 Å². The molecule has 0 aliphatic rings. The molecule has 0 spiro atoms. The van der Waals surface area contributed by atoms with Gasteiger partial charge in [0.1, 0.15) is 0 Å². The number of hydrogen-bond donors (Lipinski definition) is 1. The molecule has 0 aromatic carbocycles. The van der Waals surface area contributed by atoms with Crippen LogP contribution in [0.15, 0.2) is 18.5 Å². The van der Waals surface area contributed by atoms with E-state index in [1.54, 1.807) is 18.0 Å². The Bertz CT molecular complexity index is 488. The van der Waals surface area contributed by atoms with E-state index >= 15 is 0 Å². The smallest absolute Gasteiger partial charge is 0.211 e. The highest BCUT2D eigenvalue weighted by Gasteiger charge is 2.06. The van der Waals surface area contributed by atoms with E-state index in [1.165, 1.54) is 0 Å². The highest BCUT2D eigenvalue weighted by Crippen LogP contribution is 2.12. The number of imidazole rings is 1. The van der Waals surface area contributed by atoms with E-state index in [0.29, 0.717) is 6.54 Å². The molecule has 0 amide bonds. The second-order valence-electron chi connectivity index (χ2n) is 3.69. The quantitative estimate of drug-likeness (QED) is 0.847. The van der Waals surface area contributed by atoms with Crippen LogP contribution < -0.4 is 10.1 Å². The fraction of sp³-hybridized carbons (Fsp3) is 0.455. The molecule has 0 radical (unpaired) electrons. The number of methoxy groups -OCH3 is 1. The Hall–Kier alpha value is -1.98. The molecule has 0 aliphatic carbocycles. The predicted molar refractivity (Wildman–Crippen MR) is 65.0 cm³/mol. The van der Waals surface area contributed by atoms with Crippen molar-refractivity contribution in [1.29, 1.82) is 0 Å². The monoisotopic (exact) mass is 235 g/mol. The molecule has 2 aromatic rings. The van der Waals surface area contributed by atoms with Gasteiger partial charge in [0.25, 0.3) is 0 Å². The van der Waals surface area contributed by atoms with E-state index in [9.17, 15) is 0 Å². The minimum atomic E-state index is 0.633. The Morgan fingerprint density at radius 1 is 1.47 bits per heavy atom. The minimum Gasteiger partial charge on any atom is -0.481 e. The summed E-state index contributed by atoms with van der Waals surface area (Å²) in [6.07, 6.45) is 3.73. The molecule has 6 heteroatoms. The lowest BCUT2D eigenvalue weighted by Gasteiger charge is -2.05. The van der Waals surface area contributed by atoms with Gasteiger partial charge in [-0.3, -0.25) is 0 Å². The maximum atomic E-state index is 5.16. The summed E-state index contributed by atoms with van der Waals surface area (Å²) in [7, 11) is 3.49. The van der Waals surface area contributed by atoms with Crippen LogP contribution in [-0.4, -0.2) is 26.4 Å². The first-order valence-corrected chi connectivity index (χ1v) is 5.56. The van der Waals surface area contributed by atoms with Crippen molar-refractivity contribution >= 4 is 5.95 Å². The van der Waals surface area contributed by atoms with E-state index in [2.05, 4.69) is 22.3 Å². The van der Waals surface area contributed by atoms with Crippen LogP contribution in [0.3, 0.4) is 0 Å². The molecular formula is C11H17N5O. The molecule has 0 unspecified atom stereocenters. The van der Waals surface area contributed by atoms with Gasteiger partial charge in [-0.25, -0.2) is 9.67 Å². The zero-order chi connectivity index (χ0) is 12.3. The maximum absolute atomic E-state index is 5.16. The Kier molecular flexibility index (Phi) is 3.32. The van der Waals surface area contributed by atoms with Crippen molar-refractivity contribution in [3.63, 3.8) is 0 Å². The largest absolute Gasteiger partial charge is 0.481 e. The van der Waals surface area contributed by atoms with Crippen molar-refractivity contribution in [2.45, 2.75) is 20.0 Å². The molecule has 2 rings (SSSR count). The molecule has 0 fully saturated rings. The highest BCUT2D eigenvalue weighted by atomic mass is 16.5. The SMILES string of the molecule is CCn1ccnc1NCc1cc(OC)n(C)n1. The molecule has 6 nitrogen and oxygen atoms in total. The summed E-state index contributed by atoms with van der Waals surface area (Å²) in [5, 5.41) is 7.57. The lowest BCUT2D eigenvalue weighted by Crippen LogP contribution is -2.07. The summed E-state index contributed by atoms with van der Waals surface area (Å²) in [5.74, 6) is 1.61. The van der Waals surface area contributed by atoms with Gasteiger partial charge in [0.05, 0.1) is 19.3 Å². The zero-order valence-corrected chi connectivity index (χ0v) is 10.3. The Morgan fingerprint density at radius 3 is 2.94 bits per heavy atom. The van der Waals surface area contributed by atoms with Crippen LogP contribution in [0.1, 0.15) is 12.6 Å². The van der Waals surface area contributed by atoms with Crippen LogP contribution in [0.25, 0.3) is 0 Å². The van der Waals surface area contributed by atoms with Gasteiger partial charge in [-0.15, -0.1) is 0 Å². The van der Waals surface area contributed by atoms with Crippen molar-refractivity contribution in [3.05, 3.63) is 24.2 Å². The van der Waals surface area contributed by atoms with Gasteiger partial charge in [0, 0.05) is 32.1 Å². The van der Waals surface area contributed by atoms with E-state index in [0.717, 1.165) is 24.1 Å². The van der Waals surface area contributed by atoms with Gasteiger partial charge in [0.15, 0.2) is 0 Å². The van der Waals surface area contributed by atoms with Crippen molar-refractivity contribution in [2.75, 3.05) is 12.4 Å². The van der Waals surface area contributed by atoms with E-state index < -0.39 is 0 Å². The second kappa shape index (κ2) is 4.90. The normalized spacial score (nSPS) is 10.5. The summed E-state index contributed by atoms with van der Waals surface area (Å²) in [5.41, 5.74) is 0.926. The van der Waals surface area contributed by atoms with Gasteiger partial charge in [-0.1, -0.05) is 0 Å². The van der Waals surface area contributed by atoms with Gasteiger partial charge >= 0.3 is 0 Å².